The van der Waals surface area contributed by atoms with Crippen LogP contribution in [-0.2, 0) is 16.0 Å². The van der Waals surface area contributed by atoms with Crippen LogP contribution in [-0.4, -0.2) is 61.9 Å². The number of likely N-dealkylation sites (tertiary alicyclic amines) is 1. The molecule has 1 aliphatic rings. The highest BCUT2D eigenvalue weighted by Gasteiger charge is 2.22. The van der Waals surface area contributed by atoms with Gasteiger partial charge in [-0.2, -0.15) is 0 Å². The lowest BCUT2D eigenvalue weighted by Crippen LogP contribution is -2.47. The van der Waals surface area contributed by atoms with Gasteiger partial charge in [-0.25, -0.2) is 14.4 Å². The molecule has 0 spiro atoms. The summed E-state index contributed by atoms with van der Waals surface area (Å²) in [5, 5.41) is 3.38. The minimum atomic E-state index is -0.349. The number of aliphatic imine (C=N–C) groups is 1. The highest BCUT2D eigenvalue weighted by Crippen LogP contribution is 2.24. The second kappa shape index (κ2) is 15.0. The number of piperidine rings is 1. The largest absolute Gasteiger partial charge is 0.439 e. The molecule has 7 nitrogen and oxygen atoms in total. The molecule has 182 valence electrons. The fraction of sp³-hybridized carbons (Fsp3) is 0.500. The molecule has 9 heteroatoms. The van der Waals surface area contributed by atoms with Gasteiger partial charge in [-0.15, -0.1) is 24.0 Å². The smallest absolute Gasteiger partial charge is 0.224 e. The van der Waals surface area contributed by atoms with Gasteiger partial charge in [-0.05, 0) is 44.4 Å². The van der Waals surface area contributed by atoms with Gasteiger partial charge in [0, 0.05) is 57.8 Å². The molecule has 1 fully saturated rings. The second-order valence-corrected chi connectivity index (χ2v) is 7.60. The second-order valence-electron chi connectivity index (χ2n) is 7.60. The number of guanidine groups is 1. The van der Waals surface area contributed by atoms with E-state index in [2.05, 4.69) is 22.1 Å². The van der Waals surface area contributed by atoms with E-state index in [-0.39, 0.29) is 35.9 Å². The summed E-state index contributed by atoms with van der Waals surface area (Å²) in [5.41, 5.74) is 0.837. The summed E-state index contributed by atoms with van der Waals surface area (Å²) in [7, 11) is 1.71. The average Bonchev–Trinajstić information content (AvgIpc) is 2.81. The Bertz CT molecular complexity index is 863. The molecule has 2 heterocycles. The molecule has 0 saturated carbocycles. The van der Waals surface area contributed by atoms with Gasteiger partial charge in [-0.3, -0.25) is 0 Å². The van der Waals surface area contributed by atoms with Gasteiger partial charge in [0.15, 0.2) is 5.96 Å². The number of rotatable bonds is 10. The van der Waals surface area contributed by atoms with Crippen LogP contribution in [0.4, 0.5) is 4.39 Å². The molecule has 0 aliphatic carbocycles. The van der Waals surface area contributed by atoms with Crippen molar-refractivity contribution in [1.82, 2.24) is 15.2 Å². The maximum Gasteiger partial charge on any atom is 0.224 e. The number of nitrogens with one attached hydrogen (secondary N) is 1. The molecule has 1 aliphatic heterocycles. The van der Waals surface area contributed by atoms with Gasteiger partial charge >= 0.3 is 0 Å². The van der Waals surface area contributed by atoms with E-state index in [1.807, 2.05) is 12.1 Å². The normalized spacial score (nSPS) is 14.6. The fourth-order valence-electron chi connectivity index (χ4n) is 3.55. The van der Waals surface area contributed by atoms with E-state index in [0.29, 0.717) is 18.2 Å². The minimum absolute atomic E-state index is 0. The van der Waals surface area contributed by atoms with Crippen LogP contribution >= 0.6 is 24.0 Å². The molecule has 0 radical (unpaired) electrons. The molecule has 2 aromatic rings. The van der Waals surface area contributed by atoms with Crippen LogP contribution in [0.15, 0.2) is 47.6 Å². The summed E-state index contributed by atoms with van der Waals surface area (Å²) in [6, 6.07) is 9.81. The summed E-state index contributed by atoms with van der Waals surface area (Å²) < 4.78 is 30.4. The summed E-state index contributed by atoms with van der Waals surface area (Å²) in [5.74, 6) is 1.36. The first-order valence-corrected chi connectivity index (χ1v) is 11.2. The minimum Gasteiger partial charge on any atom is -0.439 e. The summed E-state index contributed by atoms with van der Waals surface area (Å²) in [6.07, 6.45) is 4.81. The van der Waals surface area contributed by atoms with Crippen molar-refractivity contribution < 1.29 is 18.6 Å². The first-order valence-electron chi connectivity index (χ1n) is 11.2. The summed E-state index contributed by atoms with van der Waals surface area (Å²) in [4.78, 5) is 11.4. The van der Waals surface area contributed by atoms with Crippen molar-refractivity contribution in [2.75, 3.05) is 40.0 Å². The van der Waals surface area contributed by atoms with Crippen molar-refractivity contribution >= 4 is 29.9 Å². The highest BCUT2D eigenvalue weighted by atomic mass is 127. The zero-order chi connectivity index (χ0) is 22.6. The number of nitrogens with zero attached hydrogens (tertiary/aromatic N) is 3. The molecule has 33 heavy (non-hydrogen) atoms. The Labute approximate surface area is 212 Å². The van der Waals surface area contributed by atoms with Crippen molar-refractivity contribution in [2.45, 2.75) is 38.8 Å². The Balaban J connectivity index is 0.00000385. The van der Waals surface area contributed by atoms with Crippen molar-refractivity contribution in [3.8, 4) is 11.6 Å². The first kappa shape index (κ1) is 27.3. The Morgan fingerprint density at radius 1 is 1.21 bits per heavy atom. The third kappa shape index (κ3) is 9.05. The molecule has 1 saturated heterocycles. The van der Waals surface area contributed by atoms with Crippen molar-refractivity contribution in [3.63, 3.8) is 0 Å². The molecule has 0 bridgehead atoms. The monoisotopic (exact) mass is 572 g/mol. The summed E-state index contributed by atoms with van der Waals surface area (Å²) in [6.45, 7) is 6.50. The van der Waals surface area contributed by atoms with E-state index in [9.17, 15) is 4.39 Å². The molecular weight excluding hydrogens is 538 g/mol. The topological polar surface area (TPSA) is 68.2 Å². The Morgan fingerprint density at radius 2 is 2.03 bits per heavy atom. The van der Waals surface area contributed by atoms with Gasteiger partial charge in [0.05, 0.1) is 12.6 Å². The Hall–Kier alpha value is -1.98. The van der Waals surface area contributed by atoms with Gasteiger partial charge in [0.1, 0.15) is 11.6 Å². The third-order valence-corrected chi connectivity index (χ3v) is 5.18. The molecule has 0 atom stereocenters. The number of aromatic nitrogens is 1. The molecule has 0 unspecified atom stereocenters. The molecule has 1 aromatic carbocycles. The van der Waals surface area contributed by atoms with E-state index in [4.69, 9.17) is 19.2 Å². The number of pyridine rings is 1. The number of methoxy groups -OCH3 is 1. The standard InChI is InChI=1S/C24H33FN4O3.HI/c1-3-26-24(29-13-10-21(11-14-29)31-16-6-15-30-2)28-18-19-7-5-12-27-23(19)32-22-9-4-8-20(25)17-22;/h4-5,7-9,12,17,21H,3,6,10-11,13-16,18H2,1-2H3,(H,26,28);1H. The fourth-order valence-corrected chi connectivity index (χ4v) is 3.55. The SMILES string of the molecule is CCNC(=NCc1cccnc1Oc1cccc(F)c1)N1CCC(OCCCOC)CC1.I. The van der Waals surface area contributed by atoms with Gasteiger partial charge < -0.3 is 24.4 Å². The lowest BCUT2D eigenvalue weighted by Gasteiger charge is -2.34. The number of benzene rings is 1. The van der Waals surface area contributed by atoms with Crippen molar-refractivity contribution in [1.29, 1.82) is 0 Å². The third-order valence-electron chi connectivity index (χ3n) is 5.18. The predicted molar refractivity (Wildman–Crippen MR) is 138 cm³/mol. The van der Waals surface area contributed by atoms with Crippen molar-refractivity contribution in [3.05, 3.63) is 54.0 Å². The highest BCUT2D eigenvalue weighted by molar-refractivity contribution is 14.0. The lowest BCUT2D eigenvalue weighted by molar-refractivity contribution is 0.00990. The zero-order valence-electron chi connectivity index (χ0n) is 19.3. The number of ether oxygens (including phenoxy) is 3. The van der Waals surface area contributed by atoms with E-state index < -0.39 is 0 Å². The van der Waals surface area contributed by atoms with E-state index in [0.717, 1.165) is 63.6 Å². The van der Waals surface area contributed by atoms with Gasteiger partial charge in [-0.1, -0.05) is 12.1 Å². The quantitative estimate of drug-likeness (QED) is 0.194. The molecule has 1 N–H and O–H groups in total. The van der Waals surface area contributed by atoms with E-state index in [1.165, 1.54) is 12.1 Å². The van der Waals surface area contributed by atoms with Gasteiger partial charge in [0.25, 0.3) is 0 Å². The van der Waals surface area contributed by atoms with Crippen LogP contribution in [0.1, 0.15) is 31.7 Å². The number of hydrogen-bond donors (Lipinski definition) is 1. The van der Waals surface area contributed by atoms with Crippen LogP contribution in [0, 0.1) is 5.82 Å². The van der Waals surface area contributed by atoms with Gasteiger partial charge in [0.2, 0.25) is 5.88 Å². The average molecular weight is 572 g/mol. The van der Waals surface area contributed by atoms with Crippen LogP contribution in [0.2, 0.25) is 0 Å². The lowest BCUT2D eigenvalue weighted by atomic mass is 10.1. The molecular formula is C24H34FIN4O3. The number of hydrogen-bond acceptors (Lipinski definition) is 5. The van der Waals surface area contributed by atoms with Crippen LogP contribution < -0.4 is 10.1 Å². The van der Waals surface area contributed by atoms with Crippen LogP contribution in [0.3, 0.4) is 0 Å². The Kier molecular flexibility index (Phi) is 12.4. The summed E-state index contributed by atoms with van der Waals surface area (Å²) >= 11 is 0. The number of halogens is 2. The molecule has 3 rings (SSSR count). The van der Waals surface area contributed by atoms with E-state index >= 15 is 0 Å². The molecule has 0 amide bonds. The van der Waals surface area contributed by atoms with Crippen molar-refractivity contribution in [2.24, 2.45) is 4.99 Å². The van der Waals surface area contributed by atoms with Crippen LogP contribution in [0.25, 0.3) is 0 Å². The van der Waals surface area contributed by atoms with Crippen LogP contribution in [0.5, 0.6) is 11.6 Å². The zero-order valence-corrected chi connectivity index (χ0v) is 21.7. The maximum absolute atomic E-state index is 13.5. The van der Waals surface area contributed by atoms with E-state index in [1.54, 1.807) is 25.4 Å². The Morgan fingerprint density at radius 3 is 2.76 bits per heavy atom. The first-order chi connectivity index (χ1) is 15.7. The molecule has 1 aromatic heterocycles. The maximum atomic E-state index is 13.5. The predicted octanol–water partition coefficient (Wildman–Crippen LogP) is 4.61.